The van der Waals surface area contributed by atoms with Gasteiger partial charge in [0.05, 0.1) is 13.0 Å². The van der Waals surface area contributed by atoms with Crippen LogP contribution in [0.25, 0.3) is 0 Å². The molecule has 2 rings (SSSR count). The minimum Gasteiger partial charge on any atom is -0.463 e. The van der Waals surface area contributed by atoms with Crippen molar-refractivity contribution in [1.82, 2.24) is 0 Å². The lowest BCUT2D eigenvalue weighted by Crippen LogP contribution is -2.34. The van der Waals surface area contributed by atoms with Crippen LogP contribution in [0.4, 0.5) is 0 Å². The van der Waals surface area contributed by atoms with Gasteiger partial charge in [-0.2, -0.15) is 0 Å². The molecule has 0 bridgehead atoms. The summed E-state index contributed by atoms with van der Waals surface area (Å²) in [7, 11) is 1.15. The van der Waals surface area contributed by atoms with Crippen LogP contribution in [0.15, 0.2) is 18.2 Å². The molecule has 1 aliphatic carbocycles. The maximum absolute atomic E-state index is 12.3. The molecule has 1 atom stereocenters. The van der Waals surface area contributed by atoms with Crippen molar-refractivity contribution in [2.45, 2.75) is 26.2 Å². The number of ether oxygens (including phenoxy) is 1. The maximum Gasteiger partial charge on any atom is 0.375 e. The molecule has 1 aliphatic rings. The van der Waals surface area contributed by atoms with Gasteiger partial charge in [-0.05, 0) is 36.5 Å². The number of Topliss-reactive ketones (excluding diaryl/α,β-unsaturated/α-hetero) is 2. The smallest absolute Gasteiger partial charge is 0.375 e. The van der Waals surface area contributed by atoms with Crippen molar-refractivity contribution in [1.29, 1.82) is 0 Å². The van der Waals surface area contributed by atoms with Gasteiger partial charge >= 0.3 is 5.97 Å². The fourth-order valence-corrected chi connectivity index (χ4v) is 2.40. The van der Waals surface area contributed by atoms with Crippen LogP contribution in [0.2, 0.25) is 0 Å². The van der Waals surface area contributed by atoms with Crippen molar-refractivity contribution in [2.24, 2.45) is 5.92 Å². The van der Waals surface area contributed by atoms with Gasteiger partial charge in [0.15, 0.2) is 5.78 Å². The first-order valence-electron chi connectivity index (χ1n) is 6.36. The Labute approximate surface area is 111 Å². The monoisotopic (exact) mass is 260 g/mol. The first kappa shape index (κ1) is 13.5. The molecule has 0 amide bonds. The van der Waals surface area contributed by atoms with Gasteiger partial charge in [-0.15, -0.1) is 0 Å². The quantitative estimate of drug-likeness (QED) is 0.472. The first-order chi connectivity index (χ1) is 9.08. The van der Waals surface area contributed by atoms with E-state index in [4.69, 9.17) is 0 Å². The summed E-state index contributed by atoms with van der Waals surface area (Å²) in [6.45, 7) is 2.01. The average Bonchev–Trinajstić information content (AvgIpc) is 2.46. The van der Waals surface area contributed by atoms with Gasteiger partial charge in [-0.25, -0.2) is 4.79 Å². The van der Waals surface area contributed by atoms with Crippen LogP contribution in [0, 0.1) is 5.92 Å². The summed E-state index contributed by atoms with van der Waals surface area (Å²) in [6.07, 6.45) is 1.85. The molecule has 4 heteroatoms. The lowest BCUT2D eigenvalue weighted by Gasteiger charge is -2.22. The Hall–Kier alpha value is -1.97. The topological polar surface area (TPSA) is 60.4 Å². The zero-order valence-corrected chi connectivity index (χ0v) is 11.1. The Bertz CT molecular complexity index is 545. The van der Waals surface area contributed by atoms with Gasteiger partial charge in [-0.1, -0.05) is 19.1 Å². The number of hydrogen-bond acceptors (Lipinski definition) is 4. The third kappa shape index (κ3) is 2.43. The Kier molecular flexibility index (Phi) is 3.79. The fourth-order valence-electron chi connectivity index (χ4n) is 2.40. The van der Waals surface area contributed by atoms with Crippen LogP contribution in [-0.4, -0.2) is 24.6 Å². The Morgan fingerprint density at radius 2 is 2.11 bits per heavy atom. The van der Waals surface area contributed by atoms with E-state index in [9.17, 15) is 14.4 Å². The highest BCUT2D eigenvalue weighted by Gasteiger charge is 2.36. The van der Waals surface area contributed by atoms with Gasteiger partial charge in [0.2, 0.25) is 0 Å². The number of methoxy groups -OCH3 is 1. The molecule has 0 spiro atoms. The van der Waals surface area contributed by atoms with Crippen LogP contribution >= 0.6 is 0 Å². The number of aryl methyl sites for hydroxylation is 2. The third-order valence-corrected chi connectivity index (χ3v) is 3.57. The van der Waals surface area contributed by atoms with Crippen molar-refractivity contribution in [2.75, 3.05) is 7.11 Å². The van der Waals surface area contributed by atoms with E-state index in [0.717, 1.165) is 24.7 Å². The Balaban J connectivity index is 2.33. The number of esters is 1. The van der Waals surface area contributed by atoms with E-state index in [1.54, 1.807) is 0 Å². The van der Waals surface area contributed by atoms with Gasteiger partial charge in [-0.3, -0.25) is 9.59 Å². The standard InChI is InChI=1S/C15H16O4/c1-3-9-4-5-10-6-7-11(13(16)12(10)8-9)14(17)15(18)19-2/h4-5,8,11H,3,6-7H2,1-2H3. The molecule has 19 heavy (non-hydrogen) atoms. The van der Waals surface area contributed by atoms with Crippen LogP contribution in [0.3, 0.4) is 0 Å². The highest BCUT2D eigenvalue weighted by molar-refractivity contribution is 6.39. The number of benzene rings is 1. The van der Waals surface area contributed by atoms with Crippen molar-refractivity contribution in [3.63, 3.8) is 0 Å². The van der Waals surface area contributed by atoms with Gasteiger partial charge in [0.25, 0.3) is 5.78 Å². The lowest BCUT2D eigenvalue weighted by atomic mass is 9.80. The van der Waals surface area contributed by atoms with Crippen LogP contribution in [0.5, 0.6) is 0 Å². The molecule has 100 valence electrons. The molecule has 1 unspecified atom stereocenters. The van der Waals surface area contributed by atoms with Crippen LogP contribution in [0.1, 0.15) is 34.8 Å². The number of carbonyl (C=O) groups excluding carboxylic acids is 3. The molecule has 0 fully saturated rings. The third-order valence-electron chi connectivity index (χ3n) is 3.57. The zero-order chi connectivity index (χ0) is 14.0. The highest BCUT2D eigenvalue weighted by Crippen LogP contribution is 2.27. The van der Waals surface area contributed by atoms with Gasteiger partial charge in [0.1, 0.15) is 0 Å². The number of carbonyl (C=O) groups is 3. The van der Waals surface area contributed by atoms with Crippen molar-refractivity contribution in [3.05, 3.63) is 34.9 Å². The molecule has 1 aromatic rings. The van der Waals surface area contributed by atoms with E-state index in [1.165, 1.54) is 0 Å². The number of rotatable bonds is 3. The molecule has 0 saturated heterocycles. The van der Waals surface area contributed by atoms with Crippen molar-refractivity contribution in [3.8, 4) is 0 Å². The van der Waals surface area contributed by atoms with E-state index in [2.05, 4.69) is 4.74 Å². The SMILES string of the molecule is CCc1ccc2c(c1)C(=O)C(C(=O)C(=O)OC)CC2. The summed E-state index contributed by atoms with van der Waals surface area (Å²) in [5, 5.41) is 0. The minimum atomic E-state index is -0.937. The lowest BCUT2D eigenvalue weighted by molar-refractivity contribution is -0.153. The van der Waals surface area contributed by atoms with Crippen LogP contribution in [-0.2, 0) is 27.2 Å². The predicted molar refractivity (Wildman–Crippen MR) is 69.0 cm³/mol. The fraction of sp³-hybridized carbons (Fsp3) is 0.400. The minimum absolute atomic E-state index is 0.257. The zero-order valence-electron chi connectivity index (χ0n) is 11.1. The summed E-state index contributed by atoms with van der Waals surface area (Å²) in [6, 6.07) is 5.76. The maximum atomic E-state index is 12.3. The molecule has 4 nitrogen and oxygen atoms in total. The molecular formula is C15H16O4. The summed E-state index contributed by atoms with van der Waals surface area (Å²) >= 11 is 0. The van der Waals surface area contributed by atoms with Crippen LogP contribution < -0.4 is 0 Å². The Morgan fingerprint density at radius 1 is 1.37 bits per heavy atom. The molecule has 0 heterocycles. The largest absolute Gasteiger partial charge is 0.463 e. The van der Waals surface area contributed by atoms with Gasteiger partial charge < -0.3 is 4.74 Å². The Morgan fingerprint density at radius 3 is 2.74 bits per heavy atom. The number of ketones is 2. The van der Waals surface area contributed by atoms with Crippen molar-refractivity contribution < 1.29 is 19.1 Å². The number of hydrogen-bond donors (Lipinski definition) is 0. The highest BCUT2D eigenvalue weighted by atomic mass is 16.5. The van der Waals surface area contributed by atoms with E-state index in [1.807, 2.05) is 25.1 Å². The summed E-state index contributed by atoms with van der Waals surface area (Å²) in [5.41, 5.74) is 2.59. The first-order valence-corrected chi connectivity index (χ1v) is 6.36. The predicted octanol–water partition coefficient (Wildman–Crippen LogP) is 1.74. The van der Waals surface area contributed by atoms with Gasteiger partial charge in [0, 0.05) is 5.56 Å². The number of fused-ring (bicyclic) bond motifs is 1. The summed E-state index contributed by atoms with van der Waals surface area (Å²) in [5.74, 6) is -2.81. The second kappa shape index (κ2) is 5.34. The molecule has 0 radical (unpaired) electrons. The van der Waals surface area contributed by atoms with E-state index in [0.29, 0.717) is 18.4 Å². The molecule has 0 N–H and O–H groups in total. The second-order valence-electron chi connectivity index (χ2n) is 4.66. The molecule has 0 aliphatic heterocycles. The summed E-state index contributed by atoms with van der Waals surface area (Å²) in [4.78, 5) is 35.4. The van der Waals surface area contributed by atoms with Crippen molar-refractivity contribution >= 4 is 17.5 Å². The van der Waals surface area contributed by atoms with E-state index in [-0.39, 0.29) is 5.78 Å². The second-order valence-corrected chi connectivity index (χ2v) is 4.66. The molecular weight excluding hydrogens is 244 g/mol. The van der Waals surface area contributed by atoms with E-state index < -0.39 is 17.7 Å². The molecule has 0 aromatic heterocycles. The molecule has 1 aromatic carbocycles. The molecule has 0 saturated carbocycles. The van der Waals surface area contributed by atoms with E-state index >= 15 is 0 Å². The normalized spacial score (nSPS) is 17.8. The summed E-state index contributed by atoms with van der Waals surface area (Å²) < 4.78 is 4.41. The average molecular weight is 260 g/mol.